The molecular weight excluding hydrogens is 362 g/mol. The monoisotopic (exact) mass is 383 g/mol. The summed E-state index contributed by atoms with van der Waals surface area (Å²) >= 11 is 5.26. The van der Waals surface area contributed by atoms with Gasteiger partial charge in [0, 0.05) is 61.5 Å². The third kappa shape index (κ3) is 4.58. The molecule has 5 nitrogen and oxygen atoms in total. The van der Waals surface area contributed by atoms with E-state index in [9.17, 15) is 0 Å². The van der Waals surface area contributed by atoms with Gasteiger partial charge in [-0.05, 0) is 28.9 Å². The van der Waals surface area contributed by atoms with Gasteiger partial charge in [0.15, 0.2) is 5.96 Å². The number of hydrogen-bond acceptors (Lipinski definition) is 3. The Morgan fingerprint density at radius 2 is 2.32 bits per heavy atom. The molecule has 0 saturated carbocycles. The number of rotatable bonds is 5. The van der Waals surface area contributed by atoms with Crippen molar-refractivity contribution in [3.63, 3.8) is 0 Å². The van der Waals surface area contributed by atoms with Crippen LogP contribution in [0.15, 0.2) is 27.9 Å². The standard InChI is InChI=1S/C15H22BrN5S/c1-11-8-19-14(22-11)5-6-18-15(17-2)21(4)10-13-7-12(16)9-20(13)3/h7-9H,5-6,10H2,1-4H3,(H,17,18). The molecule has 2 aromatic rings. The minimum Gasteiger partial charge on any atom is -0.356 e. The number of hydrogen-bond donors (Lipinski definition) is 1. The Labute approximate surface area is 144 Å². The van der Waals surface area contributed by atoms with Crippen LogP contribution in [0.25, 0.3) is 0 Å². The zero-order chi connectivity index (χ0) is 16.1. The molecule has 0 aliphatic heterocycles. The van der Waals surface area contributed by atoms with Crippen molar-refractivity contribution in [3.05, 3.63) is 38.5 Å². The van der Waals surface area contributed by atoms with Crippen molar-refractivity contribution in [3.8, 4) is 0 Å². The quantitative estimate of drug-likeness (QED) is 0.637. The van der Waals surface area contributed by atoms with E-state index in [2.05, 4.69) is 66.9 Å². The summed E-state index contributed by atoms with van der Waals surface area (Å²) < 4.78 is 3.21. The van der Waals surface area contributed by atoms with Gasteiger partial charge < -0.3 is 14.8 Å². The molecule has 0 bridgehead atoms. The zero-order valence-corrected chi connectivity index (χ0v) is 15.8. The third-order valence-corrected chi connectivity index (χ3v) is 4.74. The van der Waals surface area contributed by atoms with E-state index in [-0.39, 0.29) is 0 Å². The van der Waals surface area contributed by atoms with Crippen molar-refractivity contribution >= 4 is 33.2 Å². The summed E-state index contributed by atoms with van der Waals surface area (Å²) in [7, 11) is 5.91. The van der Waals surface area contributed by atoms with Crippen LogP contribution in [-0.2, 0) is 20.0 Å². The molecule has 0 spiro atoms. The van der Waals surface area contributed by atoms with Crippen LogP contribution in [0.4, 0.5) is 0 Å². The summed E-state index contributed by atoms with van der Waals surface area (Å²) in [6.07, 6.45) is 4.90. The average molecular weight is 384 g/mol. The van der Waals surface area contributed by atoms with Gasteiger partial charge in [0.1, 0.15) is 0 Å². The SMILES string of the molecule is CN=C(NCCc1ncc(C)s1)N(C)Cc1cc(Br)cn1C. The highest BCUT2D eigenvalue weighted by atomic mass is 79.9. The first-order valence-corrected chi connectivity index (χ1v) is 8.74. The molecule has 0 radical (unpaired) electrons. The number of guanidine groups is 1. The largest absolute Gasteiger partial charge is 0.356 e. The van der Waals surface area contributed by atoms with E-state index in [1.54, 1.807) is 11.3 Å². The lowest BCUT2D eigenvalue weighted by Crippen LogP contribution is -2.39. The Balaban J connectivity index is 1.86. The molecule has 2 rings (SSSR count). The van der Waals surface area contributed by atoms with E-state index in [0.717, 1.165) is 35.0 Å². The molecule has 120 valence electrons. The zero-order valence-electron chi connectivity index (χ0n) is 13.4. The lowest BCUT2D eigenvalue weighted by Gasteiger charge is -2.22. The van der Waals surface area contributed by atoms with Crippen LogP contribution in [0.3, 0.4) is 0 Å². The van der Waals surface area contributed by atoms with Crippen molar-refractivity contribution in [2.45, 2.75) is 19.9 Å². The number of nitrogens with zero attached hydrogens (tertiary/aromatic N) is 4. The fourth-order valence-electron chi connectivity index (χ4n) is 2.22. The van der Waals surface area contributed by atoms with Crippen molar-refractivity contribution in [1.29, 1.82) is 0 Å². The Bertz CT molecular complexity index is 646. The molecular formula is C15H22BrN5S. The maximum absolute atomic E-state index is 4.38. The molecule has 2 aromatic heterocycles. The van der Waals surface area contributed by atoms with Crippen molar-refractivity contribution < 1.29 is 0 Å². The Morgan fingerprint density at radius 3 is 2.86 bits per heavy atom. The van der Waals surface area contributed by atoms with Crippen LogP contribution < -0.4 is 5.32 Å². The summed E-state index contributed by atoms with van der Waals surface area (Å²) in [5, 5.41) is 4.56. The van der Waals surface area contributed by atoms with Gasteiger partial charge in [-0.3, -0.25) is 4.99 Å². The Hall–Kier alpha value is -1.34. The van der Waals surface area contributed by atoms with Gasteiger partial charge >= 0.3 is 0 Å². The number of aryl methyl sites for hydroxylation is 2. The first-order valence-electron chi connectivity index (χ1n) is 7.13. The number of aliphatic imine (C=N–C) groups is 1. The molecule has 0 unspecified atom stereocenters. The number of aromatic nitrogens is 2. The molecule has 0 atom stereocenters. The second-order valence-corrected chi connectivity index (χ2v) is 7.44. The summed E-state index contributed by atoms with van der Waals surface area (Å²) in [6.45, 7) is 3.72. The van der Waals surface area contributed by atoms with Crippen molar-refractivity contribution in [1.82, 2.24) is 19.8 Å². The molecule has 7 heteroatoms. The minimum absolute atomic E-state index is 0.804. The van der Waals surface area contributed by atoms with Gasteiger partial charge in [-0.1, -0.05) is 0 Å². The van der Waals surface area contributed by atoms with Crippen molar-refractivity contribution in [2.75, 3.05) is 20.6 Å². The summed E-state index contributed by atoms with van der Waals surface area (Å²) in [6, 6.07) is 2.13. The first kappa shape index (κ1) is 17.0. The van der Waals surface area contributed by atoms with Gasteiger partial charge in [-0.2, -0.15) is 0 Å². The summed E-state index contributed by atoms with van der Waals surface area (Å²) in [5.74, 6) is 0.894. The second kappa shape index (κ2) is 7.78. The lowest BCUT2D eigenvalue weighted by atomic mass is 10.4. The van der Waals surface area contributed by atoms with Gasteiger partial charge in [-0.15, -0.1) is 11.3 Å². The number of halogens is 1. The molecule has 0 aliphatic carbocycles. The second-order valence-electron chi connectivity index (χ2n) is 5.21. The van der Waals surface area contributed by atoms with Gasteiger partial charge in [0.2, 0.25) is 0 Å². The van der Waals surface area contributed by atoms with Gasteiger partial charge in [-0.25, -0.2) is 4.98 Å². The average Bonchev–Trinajstić information content (AvgIpc) is 3.01. The highest BCUT2D eigenvalue weighted by Gasteiger charge is 2.09. The fraction of sp³-hybridized carbons (Fsp3) is 0.467. The fourth-order valence-corrected chi connectivity index (χ4v) is 3.58. The van der Waals surface area contributed by atoms with Gasteiger partial charge in [0.25, 0.3) is 0 Å². The Morgan fingerprint density at radius 1 is 1.55 bits per heavy atom. The van der Waals surface area contributed by atoms with E-state index in [1.165, 1.54) is 10.6 Å². The van der Waals surface area contributed by atoms with Crippen LogP contribution in [0.5, 0.6) is 0 Å². The molecule has 22 heavy (non-hydrogen) atoms. The molecule has 0 amide bonds. The molecule has 0 saturated heterocycles. The van der Waals surface area contributed by atoms with Crippen LogP contribution in [0, 0.1) is 6.92 Å². The number of nitrogens with one attached hydrogen (secondary N) is 1. The molecule has 2 heterocycles. The summed E-state index contributed by atoms with van der Waals surface area (Å²) in [4.78, 5) is 12.1. The smallest absolute Gasteiger partial charge is 0.193 e. The number of thiazole rings is 1. The van der Waals surface area contributed by atoms with E-state index >= 15 is 0 Å². The molecule has 1 N–H and O–H groups in total. The highest BCUT2D eigenvalue weighted by molar-refractivity contribution is 9.10. The predicted octanol–water partition coefficient (Wildman–Crippen LogP) is 2.80. The van der Waals surface area contributed by atoms with E-state index in [0.29, 0.717) is 0 Å². The topological polar surface area (TPSA) is 45.5 Å². The lowest BCUT2D eigenvalue weighted by molar-refractivity contribution is 0.462. The van der Waals surface area contributed by atoms with E-state index in [4.69, 9.17) is 0 Å². The van der Waals surface area contributed by atoms with Crippen LogP contribution in [-0.4, -0.2) is 41.1 Å². The van der Waals surface area contributed by atoms with Crippen LogP contribution in [0.1, 0.15) is 15.6 Å². The normalized spacial score (nSPS) is 11.8. The molecule has 0 aliphatic rings. The van der Waals surface area contributed by atoms with Crippen molar-refractivity contribution in [2.24, 2.45) is 12.0 Å². The summed E-state index contributed by atoms with van der Waals surface area (Å²) in [5.41, 5.74) is 1.23. The third-order valence-electron chi connectivity index (χ3n) is 3.34. The minimum atomic E-state index is 0.804. The maximum Gasteiger partial charge on any atom is 0.193 e. The highest BCUT2D eigenvalue weighted by Crippen LogP contribution is 2.15. The molecule has 0 fully saturated rings. The van der Waals surface area contributed by atoms with E-state index < -0.39 is 0 Å². The van der Waals surface area contributed by atoms with E-state index in [1.807, 2.05) is 20.3 Å². The maximum atomic E-state index is 4.38. The van der Waals surface area contributed by atoms with Gasteiger partial charge in [0.05, 0.1) is 11.6 Å². The molecule has 0 aromatic carbocycles. The predicted molar refractivity (Wildman–Crippen MR) is 96.5 cm³/mol. The van der Waals surface area contributed by atoms with Crippen LogP contribution >= 0.6 is 27.3 Å². The first-order chi connectivity index (χ1) is 10.5. The Kier molecular flexibility index (Phi) is 6.02. The van der Waals surface area contributed by atoms with Crippen LogP contribution in [0.2, 0.25) is 0 Å².